The quantitative estimate of drug-likeness (QED) is 0.137. The smallest absolute Gasteiger partial charge is 0.264 e. The molecule has 0 aromatic heterocycles. The first-order chi connectivity index (χ1) is 24.8. The van der Waals surface area contributed by atoms with Crippen LogP contribution in [0.15, 0.2) is 29.2 Å². The van der Waals surface area contributed by atoms with Crippen LogP contribution in [0.25, 0.3) is 0 Å². The average molecular weight is 768 g/mol. The molecule has 16 nitrogen and oxygen atoms in total. The number of methoxy groups -OCH3 is 2. The minimum absolute atomic E-state index is 0.0400. The van der Waals surface area contributed by atoms with Gasteiger partial charge in [-0.3, -0.25) is 28.9 Å². The summed E-state index contributed by atoms with van der Waals surface area (Å²) in [6.07, 6.45) is 0.496. The monoisotopic (exact) mass is 767 g/mol. The lowest BCUT2D eigenvalue weighted by atomic mass is 9.90. The number of nitrogens with one attached hydrogen (secondary N) is 3. The predicted octanol–water partition coefficient (Wildman–Crippen LogP) is 0.813. The summed E-state index contributed by atoms with van der Waals surface area (Å²) in [6.45, 7) is 9.10. The molecule has 1 aromatic rings. The molecule has 17 heteroatoms. The number of hydrogen-bond donors (Lipinski definition) is 4. The van der Waals surface area contributed by atoms with Crippen molar-refractivity contribution in [3.05, 3.63) is 24.3 Å². The number of carbonyl (C=O) groups is 5. The zero-order valence-corrected chi connectivity index (χ0v) is 33.7. The van der Waals surface area contributed by atoms with Gasteiger partial charge < -0.3 is 35.6 Å². The van der Waals surface area contributed by atoms with Gasteiger partial charge in [0, 0.05) is 33.5 Å². The van der Waals surface area contributed by atoms with E-state index in [0.29, 0.717) is 31.5 Å². The van der Waals surface area contributed by atoms with E-state index >= 15 is 0 Å². The summed E-state index contributed by atoms with van der Waals surface area (Å²) in [7, 11) is 4.06. The summed E-state index contributed by atoms with van der Waals surface area (Å²) in [4.78, 5) is 70.8. The number of rotatable bonds is 20. The third-order valence-corrected chi connectivity index (χ3v) is 11.4. The Hall–Kier alpha value is -3.80. The second-order valence-electron chi connectivity index (χ2n) is 14.3. The van der Waals surface area contributed by atoms with Crippen molar-refractivity contribution in [3.63, 3.8) is 0 Å². The molecule has 1 aliphatic heterocycles. The maximum Gasteiger partial charge on any atom is 0.264 e. The number of benzene rings is 1. The SMILES string of the molecule is CCC(C)C(C(CC(=O)N1CCCC1C(OC)C(C)C(=O)NCC(=O)NS(=O)(=O)c1ccc(N)cc1)OC)N(C)C(=O)CNC(=O)C(C(C)C)N(C)C. The summed E-state index contributed by atoms with van der Waals surface area (Å²) < 4.78 is 38.7. The van der Waals surface area contributed by atoms with E-state index in [2.05, 4.69) is 10.6 Å². The fraction of sp³-hybridized carbons (Fsp3) is 0.694. The lowest BCUT2D eigenvalue weighted by molar-refractivity contribution is -0.146. The van der Waals surface area contributed by atoms with Gasteiger partial charge in [0.25, 0.3) is 15.9 Å². The lowest BCUT2D eigenvalue weighted by Gasteiger charge is -2.39. The van der Waals surface area contributed by atoms with Gasteiger partial charge in [0.1, 0.15) is 0 Å². The molecule has 53 heavy (non-hydrogen) atoms. The second-order valence-corrected chi connectivity index (χ2v) is 16.0. The van der Waals surface area contributed by atoms with Crippen LogP contribution in [0.3, 0.4) is 0 Å². The number of nitrogens with two attached hydrogens (primary N) is 1. The molecule has 1 aliphatic rings. The largest absolute Gasteiger partial charge is 0.399 e. The number of amides is 5. The minimum atomic E-state index is -4.17. The van der Waals surface area contributed by atoms with Crippen molar-refractivity contribution >= 4 is 45.2 Å². The van der Waals surface area contributed by atoms with Crippen LogP contribution in [0.1, 0.15) is 60.3 Å². The highest BCUT2D eigenvalue weighted by Crippen LogP contribution is 2.29. The fourth-order valence-corrected chi connectivity index (χ4v) is 8.06. The zero-order chi connectivity index (χ0) is 40.2. The van der Waals surface area contributed by atoms with Crippen molar-refractivity contribution in [3.8, 4) is 0 Å². The average Bonchev–Trinajstić information content (AvgIpc) is 3.58. The summed E-state index contributed by atoms with van der Waals surface area (Å²) in [5, 5.41) is 5.25. The number of nitrogens with zero attached hydrogens (tertiary/aromatic N) is 3. The zero-order valence-electron chi connectivity index (χ0n) is 32.9. The molecule has 5 amide bonds. The van der Waals surface area contributed by atoms with Crippen LogP contribution in [0.4, 0.5) is 5.69 Å². The number of nitrogen functional groups attached to an aromatic ring is 1. The second kappa shape index (κ2) is 20.6. The molecule has 0 bridgehead atoms. The molecule has 0 saturated carbocycles. The van der Waals surface area contributed by atoms with Gasteiger partial charge in [-0.25, -0.2) is 13.1 Å². The van der Waals surface area contributed by atoms with Gasteiger partial charge >= 0.3 is 0 Å². The van der Waals surface area contributed by atoms with Crippen molar-refractivity contribution in [2.24, 2.45) is 17.8 Å². The lowest BCUT2D eigenvalue weighted by Crippen LogP contribution is -2.55. The van der Waals surface area contributed by atoms with Crippen LogP contribution in [0.2, 0.25) is 0 Å². The van der Waals surface area contributed by atoms with E-state index in [4.69, 9.17) is 15.2 Å². The van der Waals surface area contributed by atoms with Gasteiger partial charge in [-0.05, 0) is 63.0 Å². The van der Waals surface area contributed by atoms with Crippen LogP contribution in [-0.2, 0) is 43.5 Å². The van der Waals surface area contributed by atoms with Crippen LogP contribution in [0, 0.1) is 17.8 Å². The molecule has 1 fully saturated rings. The Balaban J connectivity index is 2.11. The molecule has 5 N–H and O–H groups in total. The molecule has 1 saturated heterocycles. The normalized spacial score (nSPS) is 18.1. The summed E-state index contributed by atoms with van der Waals surface area (Å²) in [5.41, 5.74) is 5.97. The number of likely N-dealkylation sites (N-methyl/N-ethyl adjacent to an activating group) is 2. The molecule has 1 aromatic carbocycles. The number of likely N-dealkylation sites (tertiary alicyclic amines) is 1. The Morgan fingerprint density at radius 3 is 2.08 bits per heavy atom. The van der Waals surface area contributed by atoms with Crippen molar-refractivity contribution in [1.29, 1.82) is 0 Å². The van der Waals surface area contributed by atoms with Gasteiger partial charge in [0.2, 0.25) is 23.6 Å². The van der Waals surface area contributed by atoms with Crippen molar-refractivity contribution in [1.82, 2.24) is 30.1 Å². The first-order valence-electron chi connectivity index (χ1n) is 18.0. The fourth-order valence-electron chi connectivity index (χ4n) is 7.07. The van der Waals surface area contributed by atoms with Crippen molar-refractivity contribution in [2.45, 2.75) is 95.5 Å². The highest BCUT2D eigenvalue weighted by Gasteiger charge is 2.42. The van der Waals surface area contributed by atoms with Crippen molar-refractivity contribution < 1.29 is 41.9 Å². The number of hydrogen-bond acceptors (Lipinski definition) is 11. The van der Waals surface area contributed by atoms with E-state index in [0.717, 1.165) is 0 Å². The molecule has 0 radical (unpaired) electrons. The molecule has 0 spiro atoms. The molecule has 7 atom stereocenters. The van der Waals surface area contributed by atoms with Gasteiger partial charge in [-0.2, -0.15) is 0 Å². The Bertz CT molecular complexity index is 1500. The van der Waals surface area contributed by atoms with E-state index in [1.165, 1.54) is 38.5 Å². The third kappa shape index (κ3) is 12.4. The Morgan fingerprint density at radius 2 is 1.55 bits per heavy atom. The minimum Gasteiger partial charge on any atom is -0.399 e. The Kier molecular flexibility index (Phi) is 17.6. The molecule has 300 valence electrons. The first-order valence-corrected chi connectivity index (χ1v) is 19.5. The third-order valence-electron chi connectivity index (χ3n) is 10.0. The van der Waals surface area contributed by atoms with Gasteiger partial charge in [0.15, 0.2) is 0 Å². The number of ether oxygens (including phenoxy) is 2. The molecular weight excluding hydrogens is 707 g/mol. The number of carbonyl (C=O) groups excluding carboxylic acids is 5. The Labute approximate surface area is 314 Å². The van der Waals surface area contributed by atoms with E-state index in [1.54, 1.807) is 23.8 Å². The van der Waals surface area contributed by atoms with Crippen molar-refractivity contribution in [2.75, 3.05) is 60.7 Å². The van der Waals surface area contributed by atoms with Gasteiger partial charge in [-0.15, -0.1) is 0 Å². The highest BCUT2D eigenvalue weighted by atomic mass is 32.2. The summed E-state index contributed by atoms with van der Waals surface area (Å²) >= 11 is 0. The molecule has 2 rings (SSSR count). The van der Waals surface area contributed by atoms with Crippen LogP contribution < -0.4 is 21.1 Å². The topological polar surface area (TPSA) is 210 Å². The maximum atomic E-state index is 14.0. The van der Waals surface area contributed by atoms with E-state index in [-0.39, 0.29) is 47.4 Å². The standard InChI is InChI=1S/C36H61N7O9S/c1-11-23(4)33(42(8)31(46)21-39-36(48)32(22(2)3)41(6)7)28(51-9)19-30(45)43-18-12-13-27(43)34(52-10)24(5)35(47)38-20-29(44)40-53(49,50)26-16-14-25(37)15-17-26/h14-17,22-24,27-28,32-34H,11-13,18-21,37H2,1-10H3,(H,38,47)(H,39,48)(H,40,44). The molecular formula is C36H61N7O9S. The van der Waals surface area contributed by atoms with E-state index in [1.807, 2.05) is 51.4 Å². The first kappa shape index (κ1) is 45.4. The Morgan fingerprint density at radius 1 is 0.943 bits per heavy atom. The highest BCUT2D eigenvalue weighted by molar-refractivity contribution is 7.90. The van der Waals surface area contributed by atoms with Crippen LogP contribution >= 0.6 is 0 Å². The van der Waals surface area contributed by atoms with Gasteiger partial charge in [-0.1, -0.05) is 41.0 Å². The number of anilines is 1. The predicted molar refractivity (Wildman–Crippen MR) is 201 cm³/mol. The maximum absolute atomic E-state index is 14.0. The van der Waals surface area contributed by atoms with E-state index in [9.17, 15) is 32.4 Å². The van der Waals surface area contributed by atoms with Gasteiger partial charge in [0.05, 0.1) is 60.7 Å². The summed E-state index contributed by atoms with van der Waals surface area (Å²) in [6, 6.07) is 3.96. The molecule has 0 aliphatic carbocycles. The van der Waals surface area contributed by atoms with Crippen LogP contribution in [0.5, 0.6) is 0 Å². The summed E-state index contributed by atoms with van der Waals surface area (Å²) in [5.74, 6) is -3.10. The molecule has 1 heterocycles. The molecule has 7 unspecified atom stereocenters. The van der Waals surface area contributed by atoms with Crippen LogP contribution in [-0.4, -0.2) is 138 Å². The number of sulfonamides is 1. The van der Waals surface area contributed by atoms with E-state index < -0.39 is 64.6 Å².